The molecule has 26 heavy (non-hydrogen) atoms. The Hall–Kier alpha value is -2.60. The lowest BCUT2D eigenvalue weighted by Crippen LogP contribution is -2.30. The molecule has 0 saturated heterocycles. The van der Waals surface area contributed by atoms with Crippen LogP contribution >= 0.6 is 0 Å². The van der Waals surface area contributed by atoms with Crippen molar-refractivity contribution < 1.29 is 13.2 Å². The number of aryl methyl sites for hydroxylation is 1. The van der Waals surface area contributed by atoms with Gasteiger partial charge in [-0.25, -0.2) is 8.42 Å². The number of sulfonamides is 1. The predicted molar refractivity (Wildman–Crippen MR) is 106 cm³/mol. The van der Waals surface area contributed by atoms with Crippen LogP contribution < -0.4 is 9.62 Å². The lowest BCUT2D eigenvalue weighted by molar-refractivity contribution is 0.0940. The van der Waals surface area contributed by atoms with Crippen LogP contribution in [0.5, 0.6) is 0 Å². The summed E-state index contributed by atoms with van der Waals surface area (Å²) in [6.45, 7) is 7.69. The molecule has 1 N–H and O–H groups in total. The summed E-state index contributed by atoms with van der Waals surface area (Å²) < 4.78 is 25.0. The fourth-order valence-electron chi connectivity index (χ4n) is 2.55. The maximum atomic E-state index is 12.4. The van der Waals surface area contributed by atoms with Crippen LogP contribution in [0, 0.1) is 6.92 Å². The molecule has 0 aliphatic rings. The van der Waals surface area contributed by atoms with Crippen LogP contribution in [-0.4, -0.2) is 27.1 Å². The molecule has 2 aromatic carbocycles. The predicted octanol–water partition coefficient (Wildman–Crippen LogP) is 3.44. The first kappa shape index (κ1) is 19.7. The Balaban J connectivity index is 2.13. The molecule has 2 aromatic rings. The number of hydrogen-bond acceptors (Lipinski definition) is 3. The second-order valence-electron chi connectivity index (χ2n) is 6.24. The minimum atomic E-state index is -3.41. The topological polar surface area (TPSA) is 66.5 Å². The van der Waals surface area contributed by atoms with E-state index < -0.39 is 10.0 Å². The molecule has 1 atom stereocenters. The number of carbonyl (C=O) groups is 1. The summed E-state index contributed by atoms with van der Waals surface area (Å²) in [5.74, 6) is -0.209. The van der Waals surface area contributed by atoms with E-state index >= 15 is 0 Å². The molecule has 0 radical (unpaired) electrons. The summed E-state index contributed by atoms with van der Waals surface area (Å²) >= 11 is 0. The monoisotopic (exact) mass is 372 g/mol. The highest BCUT2D eigenvalue weighted by atomic mass is 32.2. The molecule has 0 bridgehead atoms. The Bertz CT molecular complexity index is 872. The second kappa shape index (κ2) is 8.19. The summed E-state index contributed by atoms with van der Waals surface area (Å²) in [6, 6.07) is 14.3. The van der Waals surface area contributed by atoms with Gasteiger partial charge in [0.1, 0.15) is 0 Å². The third-order valence-corrected chi connectivity index (χ3v) is 5.20. The van der Waals surface area contributed by atoms with Gasteiger partial charge in [-0.15, -0.1) is 6.58 Å². The zero-order valence-corrected chi connectivity index (χ0v) is 16.1. The molecule has 0 spiro atoms. The molecular weight excluding hydrogens is 348 g/mol. The van der Waals surface area contributed by atoms with E-state index in [1.54, 1.807) is 24.3 Å². The van der Waals surface area contributed by atoms with Gasteiger partial charge < -0.3 is 5.32 Å². The van der Waals surface area contributed by atoms with E-state index in [-0.39, 0.29) is 18.5 Å². The van der Waals surface area contributed by atoms with Gasteiger partial charge in [0.25, 0.3) is 5.91 Å². The van der Waals surface area contributed by atoms with Crippen molar-refractivity contribution in [2.24, 2.45) is 0 Å². The number of anilines is 1. The third kappa shape index (κ3) is 4.95. The van der Waals surface area contributed by atoms with Crippen molar-refractivity contribution in [2.45, 2.75) is 19.9 Å². The Morgan fingerprint density at radius 2 is 1.73 bits per heavy atom. The van der Waals surface area contributed by atoms with Crippen molar-refractivity contribution in [3.05, 3.63) is 77.9 Å². The first-order valence-electron chi connectivity index (χ1n) is 8.28. The number of amides is 1. The fraction of sp³-hybridized carbons (Fsp3) is 0.250. The smallest absolute Gasteiger partial charge is 0.251 e. The fourth-order valence-corrected chi connectivity index (χ4v) is 3.43. The van der Waals surface area contributed by atoms with Gasteiger partial charge in [0, 0.05) is 5.56 Å². The highest BCUT2D eigenvalue weighted by molar-refractivity contribution is 7.92. The molecule has 0 heterocycles. The highest BCUT2D eigenvalue weighted by Crippen LogP contribution is 2.19. The average Bonchev–Trinajstić information content (AvgIpc) is 2.59. The summed E-state index contributed by atoms with van der Waals surface area (Å²) in [6.07, 6.45) is 2.66. The van der Waals surface area contributed by atoms with Gasteiger partial charge in [-0.1, -0.05) is 35.9 Å². The third-order valence-electron chi connectivity index (χ3n) is 4.04. The molecule has 0 aromatic heterocycles. The van der Waals surface area contributed by atoms with Crippen LogP contribution in [0.25, 0.3) is 0 Å². The number of hydrogen-bond donors (Lipinski definition) is 1. The van der Waals surface area contributed by atoms with Gasteiger partial charge in [-0.2, -0.15) is 0 Å². The standard InChI is InChI=1S/C20H24N2O3S/c1-5-14-22(26(4,24)25)19-12-10-18(11-13-19)20(23)21-16(3)17-8-6-15(2)7-9-17/h5-13,16H,1,14H2,2-4H3,(H,21,23)/t16-/m1/s1. The van der Waals surface area contributed by atoms with Gasteiger partial charge >= 0.3 is 0 Å². The van der Waals surface area contributed by atoms with E-state index in [4.69, 9.17) is 0 Å². The maximum absolute atomic E-state index is 12.4. The molecule has 0 unspecified atom stereocenters. The molecule has 0 saturated carbocycles. The van der Waals surface area contributed by atoms with Crippen molar-refractivity contribution >= 4 is 21.6 Å². The van der Waals surface area contributed by atoms with E-state index in [2.05, 4.69) is 11.9 Å². The largest absolute Gasteiger partial charge is 0.346 e. The zero-order valence-electron chi connectivity index (χ0n) is 15.3. The highest BCUT2D eigenvalue weighted by Gasteiger charge is 2.17. The van der Waals surface area contributed by atoms with E-state index in [1.165, 1.54) is 10.4 Å². The zero-order chi connectivity index (χ0) is 19.3. The minimum Gasteiger partial charge on any atom is -0.346 e. The first-order valence-corrected chi connectivity index (χ1v) is 10.1. The summed E-state index contributed by atoms with van der Waals surface area (Å²) in [5, 5.41) is 2.95. The molecule has 1 amide bonds. The Morgan fingerprint density at radius 3 is 2.23 bits per heavy atom. The number of rotatable bonds is 7. The van der Waals surface area contributed by atoms with E-state index in [0.717, 1.165) is 17.4 Å². The lowest BCUT2D eigenvalue weighted by Gasteiger charge is -2.21. The van der Waals surface area contributed by atoms with Crippen LogP contribution in [0.4, 0.5) is 5.69 Å². The van der Waals surface area contributed by atoms with E-state index in [0.29, 0.717) is 11.3 Å². The van der Waals surface area contributed by atoms with Gasteiger partial charge in [-0.3, -0.25) is 9.10 Å². The van der Waals surface area contributed by atoms with E-state index in [9.17, 15) is 13.2 Å². The Morgan fingerprint density at radius 1 is 1.15 bits per heavy atom. The number of benzene rings is 2. The minimum absolute atomic E-state index is 0.129. The first-order chi connectivity index (χ1) is 12.2. The van der Waals surface area contributed by atoms with Crippen molar-refractivity contribution in [1.82, 2.24) is 5.32 Å². The molecule has 6 heteroatoms. The summed E-state index contributed by atoms with van der Waals surface area (Å²) in [4.78, 5) is 12.4. The number of nitrogens with zero attached hydrogens (tertiary/aromatic N) is 1. The Kier molecular flexibility index (Phi) is 6.21. The van der Waals surface area contributed by atoms with Gasteiger partial charge in [0.15, 0.2) is 0 Å². The van der Waals surface area contributed by atoms with Crippen LogP contribution in [0.2, 0.25) is 0 Å². The van der Waals surface area contributed by atoms with Crippen molar-refractivity contribution in [2.75, 3.05) is 17.1 Å². The number of carbonyl (C=O) groups excluding carboxylic acids is 1. The SMILES string of the molecule is C=CCN(c1ccc(C(=O)N[C@H](C)c2ccc(C)cc2)cc1)S(C)(=O)=O. The van der Waals surface area contributed by atoms with E-state index in [1.807, 2.05) is 38.1 Å². The van der Waals surface area contributed by atoms with Crippen molar-refractivity contribution in [3.8, 4) is 0 Å². The molecule has 138 valence electrons. The van der Waals surface area contributed by atoms with Gasteiger partial charge in [0.2, 0.25) is 10.0 Å². The summed E-state index contributed by atoms with van der Waals surface area (Å²) in [7, 11) is -3.41. The van der Waals surface area contributed by atoms with Crippen LogP contribution in [-0.2, 0) is 10.0 Å². The van der Waals surface area contributed by atoms with Crippen LogP contribution in [0.1, 0.15) is 34.5 Å². The molecule has 0 fully saturated rings. The molecule has 0 aliphatic carbocycles. The molecule has 2 rings (SSSR count). The average molecular weight is 372 g/mol. The second-order valence-corrected chi connectivity index (χ2v) is 8.14. The molecule has 5 nitrogen and oxygen atoms in total. The van der Waals surface area contributed by atoms with Crippen LogP contribution in [0.3, 0.4) is 0 Å². The quantitative estimate of drug-likeness (QED) is 0.757. The maximum Gasteiger partial charge on any atom is 0.251 e. The Labute approximate surface area is 155 Å². The lowest BCUT2D eigenvalue weighted by atomic mass is 10.1. The van der Waals surface area contributed by atoms with Crippen LogP contribution in [0.15, 0.2) is 61.2 Å². The summed E-state index contributed by atoms with van der Waals surface area (Å²) in [5.41, 5.74) is 3.16. The van der Waals surface area contributed by atoms with Gasteiger partial charge in [-0.05, 0) is 43.7 Å². The molecular formula is C20H24N2O3S. The number of nitrogens with one attached hydrogen (secondary N) is 1. The van der Waals surface area contributed by atoms with Gasteiger partial charge in [0.05, 0.1) is 24.5 Å². The molecule has 0 aliphatic heterocycles. The normalized spacial score (nSPS) is 12.3. The van der Waals surface area contributed by atoms with Crippen molar-refractivity contribution in [1.29, 1.82) is 0 Å². The van der Waals surface area contributed by atoms with Crippen molar-refractivity contribution in [3.63, 3.8) is 0 Å².